The highest BCUT2D eigenvalue weighted by molar-refractivity contribution is 7.99. The fourth-order valence-electron chi connectivity index (χ4n) is 4.52. The van der Waals surface area contributed by atoms with Crippen LogP contribution in [0.2, 0.25) is 0 Å². The van der Waals surface area contributed by atoms with Crippen molar-refractivity contribution in [3.8, 4) is 0 Å². The average molecular weight is 501 g/mol. The zero-order valence-corrected chi connectivity index (χ0v) is 21.0. The third-order valence-electron chi connectivity index (χ3n) is 6.18. The van der Waals surface area contributed by atoms with Crippen LogP contribution < -0.4 is 15.8 Å². The number of thioether (sulfide) groups is 2. The van der Waals surface area contributed by atoms with Gasteiger partial charge in [0.1, 0.15) is 5.82 Å². The third-order valence-corrected chi connectivity index (χ3v) is 7.82. The quantitative estimate of drug-likeness (QED) is 0.386. The van der Waals surface area contributed by atoms with Crippen molar-refractivity contribution in [3.63, 3.8) is 0 Å². The van der Waals surface area contributed by atoms with Crippen molar-refractivity contribution in [1.82, 2.24) is 34.6 Å². The highest BCUT2D eigenvalue weighted by Gasteiger charge is 2.27. The fourth-order valence-corrected chi connectivity index (χ4v) is 6.07. The number of hydrogen-bond acceptors (Lipinski definition) is 9. The van der Waals surface area contributed by atoms with Crippen molar-refractivity contribution in [2.24, 2.45) is 0 Å². The Bertz CT molecular complexity index is 1270. The second-order valence-electron chi connectivity index (χ2n) is 8.59. The Morgan fingerprint density at radius 3 is 2.85 bits per heavy atom. The van der Waals surface area contributed by atoms with Gasteiger partial charge in [-0.25, -0.2) is 19.6 Å². The molecule has 12 heteroatoms. The summed E-state index contributed by atoms with van der Waals surface area (Å²) < 4.78 is 3.48. The standard InChI is InChI=1S/C22H28N8O2S2/c1-14-10-18(32)30-15(13-34-22(30)25-14)11-17(31)23-6-9-29-20-16(12-24-29)19(26-21(27-20)33-2)28-7-4-3-5-8-28/h10,12,15H,3-9,11,13H2,1-2H3,(H,23,31). The van der Waals surface area contributed by atoms with Crippen LogP contribution in [0, 0.1) is 6.92 Å². The number of piperidine rings is 1. The molecule has 3 aromatic heterocycles. The SMILES string of the molecule is CSc1nc(N2CCCCC2)c2cnn(CCNC(=O)CC3CSc4nc(C)cc(=O)n43)c2n1. The van der Waals surface area contributed by atoms with E-state index < -0.39 is 0 Å². The third kappa shape index (κ3) is 4.65. The molecule has 1 amide bonds. The molecule has 3 aromatic rings. The average Bonchev–Trinajstić information content (AvgIpc) is 3.43. The van der Waals surface area contributed by atoms with Gasteiger partial charge in [-0.3, -0.25) is 14.2 Å². The maximum absolute atomic E-state index is 12.6. The van der Waals surface area contributed by atoms with Crippen LogP contribution in [0.5, 0.6) is 0 Å². The van der Waals surface area contributed by atoms with Gasteiger partial charge in [-0.15, -0.1) is 0 Å². The molecule has 34 heavy (non-hydrogen) atoms. The molecule has 2 aliphatic heterocycles. The molecule has 0 aromatic carbocycles. The lowest BCUT2D eigenvalue weighted by Crippen LogP contribution is -2.32. The maximum atomic E-state index is 12.6. The first-order valence-corrected chi connectivity index (χ1v) is 13.8. The largest absolute Gasteiger partial charge is 0.356 e. The number of anilines is 1. The second kappa shape index (κ2) is 9.95. The van der Waals surface area contributed by atoms with Crippen molar-refractivity contribution >= 4 is 46.3 Å². The topological polar surface area (TPSA) is 111 Å². The van der Waals surface area contributed by atoms with Crippen LogP contribution >= 0.6 is 23.5 Å². The van der Waals surface area contributed by atoms with Gasteiger partial charge in [0.2, 0.25) is 5.91 Å². The monoisotopic (exact) mass is 500 g/mol. The first kappa shape index (κ1) is 23.2. The summed E-state index contributed by atoms with van der Waals surface area (Å²) in [6.45, 7) is 4.76. The van der Waals surface area contributed by atoms with Crippen LogP contribution in [0.1, 0.15) is 37.4 Å². The lowest BCUT2D eigenvalue weighted by Gasteiger charge is -2.28. The van der Waals surface area contributed by atoms with E-state index in [1.54, 1.807) is 4.57 Å². The number of carbonyl (C=O) groups excluding carboxylic acids is 1. The number of aryl methyl sites for hydroxylation is 1. The Morgan fingerprint density at radius 2 is 2.06 bits per heavy atom. The summed E-state index contributed by atoms with van der Waals surface area (Å²) >= 11 is 3.05. The molecular weight excluding hydrogens is 472 g/mol. The maximum Gasteiger partial charge on any atom is 0.254 e. The summed E-state index contributed by atoms with van der Waals surface area (Å²) in [6.07, 6.45) is 7.67. The summed E-state index contributed by atoms with van der Waals surface area (Å²) in [7, 11) is 0. The Hall–Kier alpha value is -2.60. The minimum Gasteiger partial charge on any atom is -0.356 e. The first-order chi connectivity index (χ1) is 16.5. The van der Waals surface area contributed by atoms with Gasteiger partial charge < -0.3 is 10.2 Å². The van der Waals surface area contributed by atoms with Crippen molar-refractivity contribution in [1.29, 1.82) is 0 Å². The molecule has 1 atom stereocenters. The minimum absolute atomic E-state index is 0.0872. The molecule has 1 saturated heterocycles. The number of nitrogens with zero attached hydrogens (tertiary/aromatic N) is 7. The smallest absolute Gasteiger partial charge is 0.254 e. The molecule has 0 saturated carbocycles. The van der Waals surface area contributed by atoms with E-state index in [0.717, 1.165) is 35.1 Å². The van der Waals surface area contributed by atoms with Gasteiger partial charge in [0.05, 0.1) is 24.2 Å². The number of rotatable bonds is 7. The van der Waals surface area contributed by atoms with Gasteiger partial charge in [-0.1, -0.05) is 23.5 Å². The molecule has 2 aliphatic rings. The molecule has 1 unspecified atom stereocenters. The Kier molecular flexibility index (Phi) is 6.77. The zero-order valence-electron chi connectivity index (χ0n) is 19.4. The summed E-state index contributed by atoms with van der Waals surface area (Å²) in [6, 6.07) is 1.35. The number of fused-ring (bicyclic) bond motifs is 2. The summed E-state index contributed by atoms with van der Waals surface area (Å²) in [5, 5.41) is 9.90. The van der Waals surface area contributed by atoms with Crippen LogP contribution in [0.3, 0.4) is 0 Å². The molecule has 0 bridgehead atoms. The molecule has 0 spiro atoms. The van der Waals surface area contributed by atoms with Gasteiger partial charge in [-0.05, 0) is 32.4 Å². The van der Waals surface area contributed by atoms with Crippen LogP contribution in [-0.4, -0.2) is 66.8 Å². The van der Waals surface area contributed by atoms with E-state index in [1.165, 1.54) is 48.9 Å². The number of nitrogens with one attached hydrogen (secondary N) is 1. The van der Waals surface area contributed by atoms with Gasteiger partial charge >= 0.3 is 0 Å². The normalized spacial score (nSPS) is 17.8. The number of hydrogen-bond donors (Lipinski definition) is 1. The van der Waals surface area contributed by atoms with E-state index >= 15 is 0 Å². The molecular formula is C22H28N8O2S2. The number of aromatic nitrogens is 6. The summed E-state index contributed by atoms with van der Waals surface area (Å²) in [4.78, 5) is 41.2. The van der Waals surface area contributed by atoms with Gasteiger partial charge in [0.15, 0.2) is 16.0 Å². The van der Waals surface area contributed by atoms with Crippen LogP contribution in [0.15, 0.2) is 27.4 Å². The predicted molar refractivity (Wildman–Crippen MR) is 134 cm³/mol. The number of amides is 1. The van der Waals surface area contributed by atoms with E-state index in [9.17, 15) is 9.59 Å². The molecule has 5 rings (SSSR count). The van der Waals surface area contributed by atoms with E-state index in [1.807, 2.05) is 24.1 Å². The van der Waals surface area contributed by atoms with Crippen LogP contribution in [-0.2, 0) is 11.3 Å². The lowest BCUT2D eigenvalue weighted by atomic mass is 10.1. The van der Waals surface area contributed by atoms with Crippen molar-refractivity contribution in [2.45, 2.75) is 55.5 Å². The molecule has 10 nitrogen and oxygen atoms in total. The van der Waals surface area contributed by atoms with Crippen molar-refractivity contribution < 1.29 is 4.79 Å². The highest BCUT2D eigenvalue weighted by atomic mass is 32.2. The summed E-state index contributed by atoms with van der Waals surface area (Å²) in [5.74, 6) is 1.54. The van der Waals surface area contributed by atoms with E-state index in [-0.39, 0.29) is 23.9 Å². The van der Waals surface area contributed by atoms with E-state index in [0.29, 0.717) is 29.7 Å². The molecule has 1 fully saturated rings. The second-order valence-corrected chi connectivity index (χ2v) is 10.4. The Labute approximate surface area is 205 Å². The van der Waals surface area contributed by atoms with Crippen molar-refractivity contribution in [2.75, 3.05) is 36.5 Å². The first-order valence-electron chi connectivity index (χ1n) is 11.6. The highest BCUT2D eigenvalue weighted by Crippen LogP contribution is 2.32. The number of carbonyl (C=O) groups is 1. The van der Waals surface area contributed by atoms with Crippen molar-refractivity contribution in [3.05, 3.63) is 28.3 Å². The zero-order chi connectivity index (χ0) is 23.7. The van der Waals surface area contributed by atoms with Crippen LogP contribution in [0.4, 0.5) is 5.82 Å². The van der Waals surface area contributed by atoms with Crippen LogP contribution in [0.25, 0.3) is 11.0 Å². The molecule has 1 N–H and O–H groups in total. The minimum atomic E-state index is -0.171. The van der Waals surface area contributed by atoms with Gasteiger partial charge in [-0.2, -0.15) is 5.10 Å². The molecule has 180 valence electrons. The predicted octanol–water partition coefficient (Wildman–Crippen LogP) is 2.26. The lowest BCUT2D eigenvalue weighted by molar-refractivity contribution is -0.121. The van der Waals surface area contributed by atoms with Gasteiger partial charge in [0, 0.05) is 43.6 Å². The molecule has 0 aliphatic carbocycles. The molecule has 5 heterocycles. The Morgan fingerprint density at radius 1 is 1.24 bits per heavy atom. The van der Waals surface area contributed by atoms with Gasteiger partial charge in [0.25, 0.3) is 5.56 Å². The van der Waals surface area contributed by atoms with E-state index in [2.05, 4.69) is 20.3 Å². The summed E-state index contributed by atoms with van der Waals surface area (Å²) in [5.41, 5.74) is 1.41. The Balaban J connectivity index is 1.25. The molecule has 0 radical (unpaired) electrons. The van der Waals surface area contributed by atoms with E-state index in [4.69, 9.17) is 9.97 Å². The fraction of sp³-hybridized carbons (Fsp3) is 0.545.